The van der Waals surface area contributed by atoms with Crippen LogP contribution in [0.15, 0.2) is 12.1 Å². The number of nitrogens with two attached hydrogens (primary N) is 1. The van der Waals surface area contributed by atoms with Gasteiger partial charge in [0, 0.05) is 25.1 Å². The van der Waals surface area contributed by atoms with Crippen LogP contribution in [-0.4, -0.2) is 38.3 Å². The van der Waals surface area contributed by atoms with Gasteiger partial charge in [0.15, 0.2) is 0 Å². The minimum atomic E-state index is 0.308. The summed E-state index contributed by atoms with van der Waals surface area (Å²) in [5.41, 5.74) is 5.95. The van der Waals surface area contributed by atoms with Gasteiger partial charge in [-0.2, -0.15) is 0 Å². The maximum absolute atomic E-state index is 6.02. The smallest absolute Gasteiger partial charge is 0.0931 e. The molecule has 1 saturated heterocycles. The Morgan fingerprint density at radius 3 is 3.06 bits per heavy atom. The van der Waals surface area contributed by atoms with Crippen molar-refractivity contribution in [3.05, 3.63) is 21.3 Å². The summed E-state index contributed by atoms with van der Waals surface area (Å²) >= 11 is 7.66. The predicted octanol–water partition coefficient (Wildman–Crippen LogP) is 2.76. The van der Waals surface area contributed by atoms with Gasteiger partial charge in [-0.25, -0.2) is 0 Å². The molecular weight excluding hydrogens is 268 g/mol. The first-order valence-electron chi connectivity index (χ1n) is 6.43. The van der Waals surface area contributed by atoms with Crippen molar-refractivity contribution in [2.45, 2.75) is 18.9 Å². The first-order chi connectivity index (χ1) is 8.74. The lowest BCUT2D eigenvalue weighted by atomic mass is 9.97. The van der Waals surface area contributed by atoms with E-state index in [9.17, 15) is 0 Å². The second-order valence-corrected chi connectivity index (χ2v) is 6.60. The summed E-state index contributed by atoms with van der Waals surface area (Å²) in [6.07, 6.45) is 2.48. The maximum atomic E-state index is 6.02. The van der Waals surface area contributed by atoms with E-state index in [-0.39, 0.29) is 0 Å². The second-order valence-electron chi connectivity index (χ2n) is 4.85. The Balaban J connectivity index is 2.03. The fourth-order valence-corrected chi connectivity index (χ4v) is 3.91. The lowest BCUT2D eigenvalue weighted by Gasteiger charge is -2.37. The topological polar surface area (TPSA) is 38.5 Å². The summed E-state index contributed by atoms with van der Waals surface area (Å²) in [4.78, 5) is 3.76. The number of hydrogen-bond acceptors (Lipinski definition) is 4. The van der Waals surface area contributed by atoms with Gasteiger partial charge in [0.05, 0.1) is 17.0 Å². The van der Waals surface area contributed by atoms with Crippen molar-refractivity contribution in [1.82, 2.24) is 4.90 Å². The van der Waals surface area contributed by atoms with Crippen LogP contribution in [0.5, 0.6) is 0 Å². The highest BCUT2D eigenvalue weighted by Crippen LogP contribution is 2.32. The lowest BCUT2D eigenvalue weighted by Crippen LogP contribution is -2.41. The summed E-state index contributed by atoms with van der Waals surface area (Å²) in [6, 6.07) is 4.37. The third-order valence-corrected chi connectivity index (χ3v) is 4.87. The highest BCUT2D eigenvalue weighted by atomic mass is 35.5. The van der Waals surface area contributed by atoms with E-state index in [1.807, 2.05) is 6.07 Å². The number of nitrogens with zero attached hydrogens (tertiary/aromatic N) is 1. The van der Waals surface area contributed by atoms with Crippen molar-refractivity contribution < 1.29 is 4.74 Å². The predicted molar refractivity (Wildman–Crippen MR) is 77.3 cm³/mol. The second kappa shape index (κ2) is 6.87. The summed E-state index contributed by atoms with van der Waals surface area (Å²) in [7, 11) is 1.78. The normalized spacial score (nSPS) is 23.2. The Morgan fingerprint density at radius 2 is 2.44 bits per heavy atom. The molecule has 102 valence electrons. The third kappa shape index (κ3) is 3.45. The average molecular weight is 289 g/mol. The first-order valence-corrected chi connectivity index (χ1v) is 7.62. The summed E-state index contributed by atoms with van der Waals surface area (Å²) < 4.78 is 6.12. The monoisotopic (exact) mass is 288 g/mol. The average Bonchev–Trinajstić information content (AvgIpc) is 2.78. The van der Waals surface area contributed by atoms with Crippen molar-refractivity contribution >= 4 is 22.9 Å². The van der Waals surface area contributed by atoms with Crippen LogP contribution in [0, 0.1) is 5.92 Å². The molecule has 2 unspecified atom stereocenters. The molecule has 1 aliphatic rings. The van der Waals surface area contributed by atoms with E-state index in [0.29, 0.717) is 18.5 Å². The van der Waals surface area contributed by atoms with E-state index in [2.05, 4.69) is 11.0 Å². The molecule has 1 aliphatic heterocycles. The van der Waals surface area contributed by atoms with Crippen LogP contribution in [0.3, 0.4) is 0 Å². The molecule has 0 spiro atoms. The quantitative estimate of drug-likeness (QED) is 0.905. The van der Waals surface area contributed by atoms with E-state index < -0.39 is 0 Å². The molecule has 0 radical (unpaired) electrons. The number of halogens is 1. The molecule has 2 rings (SSSR count). The molecule has 5 heteroatoms. The van der Waals surface area contributed by atoms with Crippen LogP contribution >= 0.6 is 22.9 Å². The fraction of sp³-hybridized carbons (Fsp3) is 0.692. The Kier molecular flexibility index (Phi) is 5.45. The van der Waals surface area contributed by atoms with Gasteiger partial charge in [-0.05, 0) is 37.4 Å². The number of methoxy groups -OCH3 is 1. The van der Waals surface area contributed by atoms with Crippen LogP contribution in [0.4, 0.5) is 0 Å². The Hall–Kier alpha value is -0.130. The number of likely N-dealkylation sites (tertiary alicyclic amines) is 1. The molecule has 2 atom stereocenters. The zero-order valence-electron chi connectivity index (χ0n) is 10.8. The molecule has 3 nitrogen and oxygen atoms in total. The summed E-state index contributed by atoms with van der Waals surface area (Å²) in [6.45, 7) is 3.69. The molecule has 2 heterocycles. The molecule has 1 aromatic rings. The number of hydrogen-bond donors (Lipinski definition) is 1. The largest absolute Gasteiger partial charge is 0.384 e. The van der Waals surface area contributed by atoms with Gasteiger partial charge >= 0.3 is 0 Å². The molecule has 0 bridgehead atoms. The highest BCUT2D eigenvalue weighted by Gasteiger charge is 2.26. The Labute approximate surface area is 118 Å². The molecule has 1 fully saturated rings. The van der Waals surface area contributed by atoms with Gasteiger partial charge in [-0.15, -0.1) is 11.3 Å². The van der Waals surface area contributed by atoms with Gasteiger partial charge in [-0.3, -0.25) is 4.90 Å². The fourth-order valence-electron chi connectivity index (χ4n) is 2.70. The number of thiophene rings is 1. The molecule has 0 saturated carbocycles. The minimum absolute atomic E-state index is 0.308. The lowest BCUT2D eigenvalue weighted by molar-refractivity contribution is 0.0705. The van der Waals surface area contributed by atoms with Gasteiger partial charge in [0.1, 0.15) is 0 Å². The van der Waals surface area contributed by atoms with Crippen molar-refractivity contribution in [2.75, 3.05) is 33.4 Å². The van der Waals surface area contributed by atoms with Crippen LogP contribution in [0.25, 0.3) is 0 Å². The summed E-state index contributed by atoms with van der Waals surface area (Å²) in [5.74, 6) is 0.633. The Bertz CT molecular complexity index is 370. The molecule has 0 aromatic carbocycles. The third-order valence-electron chi connectivity index (χ3n) is 3.54. The number of ether oxygens (including phenoxy) is 1. The molecule has 18 heavy (non-hydrogen) atoms. The SMILES string of the molecule is COCC1CCCN(C(CN)c2ccc(Cl)s2)C1. The Morgan fingerprint density at radius 1 is 1.61 bits per heavy atom. The molecule has 1 aromatic heterocycles. The number of rotatable bonds is 5. The molecule has 0 aliphatic carbocycles. The highest BCUT2D eigenvalue weighted by molar-refractivity contribution is 7.16. The van der Waals surface area contributed by atoms with Gasteiger partial charge < -0.3 is 10.5 Å². The van der Waals surface area contributed by atoms with Crippen LogP contribution in [0.2, 0.25) is 4.34 Å². The van der Waals surface area contributed by atoms with Crippen molar-refractivity contribution in [3.8, 4) is 0 Å². The van der Waals surface area contributed by atoms with E-state index >= 15 is 0 Å². The van der Waals surface area contributed by atoms with Crippen LogP contribution in [0.1, 0.15) is 23.8 Å². The van der Waals surface area contributed by atoms with Gasteiger partial charge in [-0.1, -0.05) is 11.6 Å². The molecule has 2 N–H and O–H groups in total. The zero-order chi connectivity index (χ0) is 13.0. The van der Waals surface area contributed by atoms with E-state index in [1.165, 1.54) is 17.7 Å². The minimum Gasteiger partial charge on any atom is -0.384 e. The number of piperidine rings is 1. The van der Waals surface area contributed by atoms with E-state index in [4.69, 9.17) is 22.1 Å². The van der Waals surface area contributed by atoms with Crippen LogP contribution < -0.4 is 5.73 Å². The van der Waals surface area contributed by atoms with Crippen molar-refractivity contribution in [1.29, 1.82) is 0 Å². The van der Waals surface area contributed by atoms with E-state index in [1.54, 1.807) is 18.4 Å². The van der Waals surface area contributed by atoms with Gasteiger partial charge in [0.25, 0.3) is 0 Å². The molecular formula is C13H21ClN2OS. The van der Waals surface area contributed by atoms with Crippen molar-refractivity contribution in [3.63, 3.8) is 0 Å². The van der Waals surface area contributed by atoms with Gasteiger partial charge in [0.2, 0.25) is 0 Å². The summed E-state index contributed by atoms with van der Waals surface area (Å²) in [5, 5.41) is 0. The maximum Gasteiger partial charge on any atom is 0.0931 e. The standard InChI is InChI=1S/C13H21ClN2OS/c1-17-9-10-3-2-6-16(8-10)11(7-15)12-4-5-13(14)18-12/h4-5,10-11H,2-3,6-9,15H2,1H3. The van der Waals surface area contributed by atoms with Crippen LogP contribution in [-0.2, 0) is 4.74 Å². The van der Waals surface area contributed by atoms with E-state index in [0.717, 1.165) is 24.0 Å². The first kappa shape index (κ1) is 14.3. The van der Waals surface area contributed by atoms with Crippen molar-refractivity contribution in [2.24, 2.45) is 11.7 Å². The zero-order valence-corrected chi connectivity index (χ0v) is 12.3. The molecule has 0 amide bonds.